The van der Waals surface area contributed by atoms with Gasteiger partial charge in [0, 0.05) is 23.2 Å². The van der Waals surface area contributed by atoms with E-state index in [0.717, 1.165) is 0 Å². The molecule has 2 aromatic heterocycles. The molecular formula is C32H36N2. The molecule has 0 aliphatic heterocycles. The predicted octanol–water partition coefficient (Wildman–Crippen LogP) is 7.17. The van der Waals surface area contributed by atoms with Gasteiger partial charge < -0.3 is 0 Å². The molecule has 0 spiro atoms. The van der Waals surface area contributed by atoms with Crippen molar-refractivity contribution in [3.8, 4) is 0 Å². The number of benzene rings is 1. The molecule has 1 aromatic carbocycles. The van der Waals surface area contributed by atoms with Gasteiger partial charge in [0.25, 0.3) is 0 Å². The van der Waals surface area contributed by atoms with Crippen molar-refractivity contribution in [1.82, 2.24) is 9.97 Å². The van der Waals surface area contributed by atoms with Crippen molar-refractivity contribution in [2.75, 3.05) is 0 Å². The standard InChI is InChI=1S/C32H36N2/c1-3-13-29-23(7-1)19-25-9-5-11-27(31(25)33-29)21-15-17-22(18-16-21)28-12-6-10-26-20-24-8-2-4-14-30(24)34-32(26)28/h15-20,27-28H,1-14H2. The number of aromatic nitrogens is 2. The summed E-state index contributed by atoms with van der Waals surface area (Å²) in [4.78, 5) is 10.6. The second-order valence-electron chi connectivity index (χ2n) is 11.2. The number of hydrogen-bond donors (Lipinski definition) is 0. The minimum absolute atomic E-state index is 0.466. The van der Waals surface area contributed by atoms with Crippen LogP contribution in [0.1, 0.15) is 119 Å². The topological polar surface area (TPSA) is 25.8 Å². The molecule has 3 aromatic rings. The molecule has 0 saturated heterocycles. The van der Waals surface area contributed by atoms with Gasteiger partial charge in [-0.3, -0.25) is 9.97 Å². The smallest absolute Gasteiger partial charge is 0.0513 e. The lowest BCUT2D eigenvalue weighted by Gasteiger charge is -2.29. The van der Waals surface area contributed by atoms with Gasteiger partial charge in [-0.1, -0.05) is 36.4 Å². The Bertz CT molecular complexity index is 1130. The van der Waals surface area contributed by atoms with Gasteiger partial charge in [0.2, 0.25) is 0 Å². The van der Waals surface area contributed by atoms with Crippen molar-refractivity contribution in [3.05, 3.63) is 92.6 Å². The third-order valence-electron chi connectivity index (χ3n) is 9.11. The van der Waals surface area contributed by atoms with E-state index in [4.69, 9.17) is 9.97 Å². The van der Waals surface area contributed by atoms with Crippen LogP contribution in [0.25, 0.3) is 0 Å². The maximum absolute atomic E-state index is 5.28. The highest BCUT2D eigenvalue weighted by Gasteiger charge is 2.28. The van der Waals surface area contributed by atoms with E-state index in [1.165, 1.54) is 146 Å². The molecule has 0 radical (unpaired) electrons. The highest BCUT2D eigenvalue weighted by atomic mass is 14.8. The Morgan fingerprint density at radius 3 is 1.35 bits per heavy atom. The average molecular weight is 449 g/mol. The zero-order chi connectivity index (χ0) is 22.5. The van der Waals surface area contributed by atoms with Gasteiger partial charge in [0.1, 0.15) is 0 Å². The number of rotatable bonds is 2. The van der Waals surface area contributed by atoms with Crippen LogP contribution in [0, 0.1) is 0 Å². The van der Waals surface area contributed by atoms with Gasteiger partial charge in [-0.2, -0.15) is 0 Å². The monoisotopic (exact) mass is 448 g/mol. The van der Waals surface area contributed by atoms with E-state index in [1.54, 1.807) is 0 Å². The van der Waals surface area contributed by atoms with Gasteiger partial charge in [0.15, 0.2) is 0 Å². The van der Waals surface area contributed by atoms with Crippen LogP contribution >= 0.6 is 0 Å². The summed E-state index contributed by atoms with van der Waals surface area (Å²) in [6.45, 7) is 0. The van der Waals surface area contributed by atoms with E-state index < -0.39 is 0 Å². The minimum Gasteiger partial charge on any atom is -0.257 e. The molecule has 174 valence electrons. The number of pyridine rings is 2. The van der Waals surface area contributed by atoms with Crippen molar-refractivity contribution in [3.63, 3.8) is 0 Å². The summed E-state index contributed by atoms with van der Waals surface area (Å²) in [7, 11) is 0. The SMILES string of the molecule is c1cc(C2CCCc3cc4c(nc32)CCCC4)ccc1C1CCCc2cc3c(nc21)CCCC3. The fraction of sp³-hybridized carbons (Fsp3) is 0.500. The maximum Gasteiger partial charge on any atom is 0.0513 e. The maximum atomic E-state index is 5.28. The molecule has 2 heteroatoms. The van der Waals surface area contributed by atoms with Crippen molar-refractivity contribution < 1.29 is 0 Å². The lowest BCUT2D eigenvalue weighted by molar-refractivity contribution is 0.576. The Balaban J connectivity index is 1.20. The minimum atomic E-state index is 0.466. The zero-order valence-electron chi connectivity index (χ0n) is 20.4. The summed E-state index contributed by atoms with van der Waals surface area (Å²) in [6.07, 6.45) is 17.5. The third-order valence-corrected chi connectivity index (χ3v) is 9.11. The second-order valence-corrected chi connectivity index (χ2v) is 11.2. The Hall–Kier alpha value is -2.48. The molecule has 0 amide bonds. The molecule has 2 nitrogen and oxygen atoms in total. The Labute approximate surface area is 204 Å². The van der Waals surface area contributed by atoms with Gasteiger partial charge in [-0.05, 0) is 123 Å². The Morgan fingerprint density at radius 1 is 0.471 bits per heavy atom. The first-order chi connectivity index (χ1) is 16.8. The van der Waals surface area contributed by atoms with Crippen LogP contribution in [0.2, 0.25) is 0 Å². The largest absolute Gasteiger partial charge is 0.257 e. The predicted molar refractivity (Wildman–Crippen MR) is 138 cm³/mol. The van der Waals surface area contributed by atoms with Crippen LogP contribution in [0.4, 0.5) is 0 Å². The highest BCUT2D eigenvalue weighted by Crippen LogP contribution is 2.40. The number of hydrogen-bond acceptors (Lipinski definition) is 2. The van der Waals surface area contributed by atoms with Crippen LogP contribution in [0.15, 0.2) is 36.4 Å². The van der Waals surface area contributed by atoms with Crippen LogP contribution in [0.5, 0.6) is 0 Å². The summed E-state index contributed by atoms with van der Waals surface area (Å²) in [6, 6.07) is 14.7. The molecule has 2 atom stereocenters. The van der Waals surface area contributed by atoms with Crippen LogP contribution < -0.4 is 0 Å². The summed E-state index contributed by atoms with van der Waals surface area (Å²) < 4.78 is 0. The van der Waals surface area contributed by atoms with E-state index in [1.807, 2.05) is 0 Å². The van der Waals surface area contributed by atoms with Gasteiger partial charge in [0.05, 0.1) is 11.4 Å². The third kappa shape index (κ3) is 3.61. The molecule has 0 bridgehead atoms. The lowest BCUT2D eigenvalue weighted by Crippen LogP contribution is -2.18. The average Bonchev–Trinajstić information content (AvgIpc) is 2.90. The Kier molecular flexibility index (Phi) is 5.29. The summed E-state index contributed by atoms with van der Waals surface area (Å²) in [5, 5.41) is 0. The van der Waals surface area contributed by atoms with Crippen molar-refractivity contribution in [1.29, 1.82) is 0 Å². The molecule has 2 heterocycles. The van der Waals surface area contributed by atoms with Gasteiger partial charge >= 0.3 is 0 Å². The van der Waals surface area contributed by atoms with Crippen molar-refractivity contribution >= 4 is 0 Å². The van der Waals surface area contributed by atoms with Crippen molar-refractivity contribution in [2.45, 2.75) is 102 Å². The first-order valence-electron chi connectivity index (χ1n) is 14.0. The second kappa shape index (κ2) is 8.63. The summed E-state index contributed by atoms with van der Waals surface area (Å²) >= 11 is 0. The van der Waals surface area contributed by atoms with Gasteiger partial charge in [-0.25, -0.2) is 0 Å². The van der Waals surface area contributed by atoms with E-state index in [2.05, 4.69) is 36.4 Å². The van der Waals surface area contributed by atoms with E-state index in [0.29, 0.717) is 11.8 Å². The van der Waals surface area contributed by atoms with Crippen LogP contribution in [-0.2, 0) is 38.5 Å². The summed E-state index contributed by atoms with van der Waals surface area (Å²) in [5.74, 6) is 0.933. The van der Waals surface area contributed by atoms with E-state index in [-0.39, 0.29) is 0 Å². The molecule has 0 saturated carbocycles. The van der Waals surface area contributed by atoms with Crippen LogP contribution in [-0.4, -0.2) is 9.97 Å². The molecule has 4 aliphatic carbocycles. The number of aryl methyl sites for hydroxylation is 6. The van der Waals surface area contributed by atoms with E-state index in [9.17, 15) is 0 Å². The van der Waals surface area contributed by atoms with Crippen LogP contribution in [0.3, 0.4) is 0 Å². The molecule has 7 rings (SSSR count). The molecule has 34 heavy (non-hydrogen) atoms. The first-order valence-corrected chi connectivity index (χ1v) is 14.0. The fourth-order valence-corrected chi connectivity index (χ4v) is 7.28. The molecule has 0 N–H and O–H groups in total. The number of nitrogens with zero attached hydrogens (tertiary/aromatic N) is 2. The zero-order valence-corrected chi connectivity index (χ0v) is 20.4. The van der Waals surface area contributed by atoms with Gasteiger partial charge in [-0.15, -0.1) is 0 Å². The van der Waals surface area contributed by atoms with Crippen molar-refractivity contribution in [2.24, 2.45) is 0 Å². The highest BCUT2D eigenvalue weighted by molar-refractivity contribution is 5.44. The van der Waals surface area contributed by atoms with E-state index >= 15 is 0 Å². The molecule has 4 aliphatic rings. The first kappa shape index (κ1) is 20.9. The summed E-state index contributed by atoms with van der Waals surface area (Å²) in [5.41, 5.74) is 14.6. The molecule has 0 fully saturated rings. The Morgan fingerprint density at radius 2 is 0.882 bits per heavy atom. The fourth-order valence-electron chi connectivity index (χ4n) is 7.28. The molecule has 2 unspecified atom stereocenters. The lowest BCUT2D eigenvalue weighted by atomic mass is 9.78. The normalized spacial score (nSPS) is 23.4. The quantitative estimate of drug-likeness (QED) is 0.415. The number of fused-ring (bicyclic) bond motifs is 4. The molecular weight excluding hydrogens is 412 g/mol.